The Bertz CT molecular complexity index is 530. The highest BCUT2D eigenvalue weighted by atomic mass is 35.5. The molecule has 0 unspecified atom stereocenters. The van der Waals surface area contributed by atoms with Gasteiger partial charge >= 0.3 is 0 Å². The molecule has 16 heavy (non-hydrogen) atoms. The Morgan fingerprint density at radius 2 is 2.06 bits per heavy atom. The molecule has 0 N–H and O–H groups in total. The summed E-state index contributed by atoms with van der Waals surface area (Å²) < 4.78 is 6.30. The van der Waals surface area contributed by atoms with Crippen LogP contribution in [0.2, 0.25) is 4.34 Å². The van der Waals surface area contributed by atoms with Crippen LogP contribution in [-0.2, 0) is 6.61 Å². The van der Waals surface area contributed by atoms with Crippen molar-refractivity contribution in [2.45, 2.75) is 6.61 Å². The average Bonchev–Trinajstić information content (AvgIpc) is 2.73. The molecule has 0 fully saturated rings. The zero-order valence-corrected chi connectivity index (χ0v) is 9.89. The standard InChI is InChI=1S/C12H8ClNOS/c13-12-6-5-10(16-12)8-15-11-4-2-1-3-9(11)7-14/h1-6H,8H2. The zero-order chi connectivity index (χ0) is 11.4. The van der Waals surface area contributed by atoms with Gasteiger partial charge in [-0.3, -0.25) is 0 Å². The summed E-state index contributed by atoms with van der Waals surface area (Å²) in [5.41, 5.74) is 0.546. The summed E-state index contributed by atoms with van der Waals surface area (Å²) in [6.45, 7) is 0.441. The first-order valence-electron chi connectivity index (χ1n) is 4.66. The summed E-state index contributed by atoms with van der Waals surface area (Å²) in [6.07, 6.45) is 0. The third-order valence-electron chi connectivity index (χ3n) is 2.01. The van der Waals surface area contributed by atoms with E-state index in [4.69, 9.17) is 21.6 Å². The number of ether oxygens (including phenoxy) is 1. The molecule has 80 valence electrons. The molecule has 0 aliphatic rings. The first-order valence-corrected chi connectivity index (χ1v) is 5.85. The molecule has 2 nitrogen and oxygen atoms in total. The van der Waals surface area contributed by atoms with E-state index in [0.717, 1.165) is 9.21 Å². The molecular weight excluding hydrogens is 242 g/mol. The third-order valence-corrected chi connectivity index (χ3v) is 3.21. The molecule has 1 aromatic heterocycles. The van der Waals surface area contributed by atoms with Crippen molar-refractivity contribution in [3.8, 4) is 11.8 Å². The second kappa shape index (κ2) is 5.02. The topological polar surface area (TPSA) is 33.0 Å². The van der Waals surface area contributed by atoms with Gasteiger partial charge in [-0.1, -0.05) is 23.7 Å². The molecule has 0 saturated heterocycles. The van der Waals surface area contributed by atoms with Crippen LogP contribution in [0.15, 0.2) is 36.4 Å². The summed E-state index contributed by atoms with van der Waals surface area (Å²) in [5.74, 6) is 0.606. The van der Waals surface area contributed by atoms with Crippen LogP contribution in [0.25, 0.3) is 0 Å². The van der Waals surface area contributed by atoms with Crippen LogP contribution in [0.3, 0.4) is 0 Å². The Hall–Kier alpha value is -1.50. The summed E-state index contributed by atoms with van der Waals surface area (Å²) in [6, 6.07) is 13.0. The highest BCUT2D eigenvalue weighted by Crippen LogP contribution is 2.24. The van der Waals surface area contributed by atoms with Crippen molar-refractivity contribution in [1.29, 1.82) is 5.26 Å². The minimum atomic E-state index is 0.441. The first kappa shape index (κ1) is 11.0. The smallest absolute Gasteiger partial charge is 0.137 e. The number of hydrogen-bond donors (Lipinski definition) is 0. The van der Waals surface area contributed by atoms with Gasteiger partial charge in [0.05, 0.1) is 9.90 Å². The van der Waals surface area contributed by atoms with Crippen molar-refractivity contribution < 1.29 is 4.74 Å². The lowest BCUT2D eigenvalue weighted by atomic mass is 10.2. The van der Waals surface area contributed by atoms with Gasteiger partial charge in [-0.15, -0.1) is 11.3 Å². The number of rotatable bonds is 3. The second-order valence-corrected chi connectivity index (χ2v) is 4.90. The van der Waals surface area contributed by atoms with E-state index in [9.17, 15) is 0 Å². The first-order chi connectivity index (χ1) is 7.79. The fourth-order valence-electron chi connectivity index (χ4n) is 1.26. The molecule has 0 aliphatic heterocycles. The van der Waals surface area contributed by atoms with Gasteiger partial charge in [-0.05, 0) is 24.3 Å². The van der Waals surface area contributed by atoms with E-state index in [2.05, 4.69) is 6.07 Å². The van der Waals surface area contributed by atoms with Crippen molar-refractivity contribution in [2.24, 2.45) is 0 Å². The van der Waals surface area contributed by atoms with Crippen LogP contribution in [0.5, 0.6) is 5.75 Å². The van der Waals surface area contributed by atoms with Crippen LogP contribution in [0, 0.1) is 11.3 Å². The number of para-hydroxylation sites is 1. The highest BCUT2D eigenvalue weighted by Gasteiger charge is 2.03. The molecule has 0 saturated carbocycles. The van der Waals surface area contributed by atoms with E-state index < -0.39 is 0 Å². The van der Waals surface area contributed by atoms with Gasteiger partial charge in [-0.2, -0.15) is 5.26 Å². The fourth-order valence-corrected chi connectivity index (χ4v) is 2.26. The lowest BCUT2D eigenvalue weighted by Crippen LogP contribution is -1.94. The number of benzene rings is 1. The van der Waals surface area contributed by atoms with Gasteiger partial charge in [0, 0.05) is 4.88 Å². The Kier molecular flexibility index (Phi) is 3.45. The quantitative estimate of drug-likeness (QED) is 0.828. The van der Waals surface area contributed by atoms with Crippen LogP contribution in [0.1, 0.15) is 10.4 Å². The molecule has 0 bridgehead atoms. The Morgan fingerprint density at radius 1 is 1.25 bits per heavy atom. The number of hydrogen-bond acceptors (Lipinski definition) is 3. The molecule has 4 heteroatoms. The van der Waals surface area contributed by atoms with E-state index in [1.165, 1.54) is 11.3 Å². The lowest BCUT2D eigenvalue weighted by Gasteiger charge is -2.05. The molecule has 0 aliphatic carbocycles. The van der Waals surface area contributed by atoms with E-state index in [0.29, 0.717) is 17.9 Å². The maximum absolute atomic E-state index is 8.87. The molecule has 2 aromatic rings. The maximum atomic E-state index is 8.87. The molecular formula is C12H8ClNOS. The van der Waals surface area contributed by atoms with E-state index >= 15 is 0 Å². The lowest BCUT2D eigenvalue weighted by molar-refractivity contribution is 0.309. The van der Waals surface area contributed by atoms with Crippen molar-refractivity contribution in [3.63, 3.8) is 0 Å². The number of halogens is 1. The van der Waals surface area contributed by atoms with Gasteiger partial charge in [0.1, 0.15) is 18.4 Å². The van der Waals surface area contributed by atoms with Crippen molar-refractivity contribution in [1.82, 2.24) is 0 Å². The largest absolute Gasteiger partial charge is 0.487 e. The van der Waals surface area contributed by atoms with Crippen LogP contribution >= 0.6 is 22.9 Å². The van der Waals surface area contributed by atoms with E-state index in [-0.39, 0.29) is 0 Å². The Balaban J connectivity index is 2.08. The maximum Gasteiger partial charge on any atom is 0.137 e. The number of thiophene rings is 1. The minimum Gasteiger partial charge on any atom is -0.487 e. The second-order valence-electron chi connectivity index (χ2n) is 3.10. The van der Waals surface area contributed by atoms with Gasteiger partial charge < -0.3 is 4.74 Å². The highest BCUT2D eigenvalue weighted by molar-refractivity contribution is 7.16. The molecule has 1 heterocycles. The normalized spacial score (nSPS) is 9.75. The minimum absolute atomic E-state index is 0.441. The van der Waals surface area contributed by atoms with Crippen molar-refractivity contribution in [3.05, 3.63) is 51.2 Å². The monoisotopic (exact) mass is 249 g/mol. The Morgan fingerprint density at radius 3 is 2.75 bits per heavy atom. The van der Waals surface area contributed by atoms with E-state index in [1.54, 1.807) is 12.1 Å². The third kappa shape index (κ3) is 2.54. The molecule has 0 radical (unpaired) electrons. The Labute approximate surface area is 103 Å². The summed E-state index contributed by atoms with van der Waals surface area (Å²) in [7, 11) is 0. The predicted octanol–water partition coefficient (Wildman–Crippen LogP) is 3.85. The van der Waals surface area contributed by atoms with Gasteiger partial charge in [-0.25, -0.2) is 0 Å². The van der Waals surface area contributed by atoms with E-state index in [1.807, 2.05) is 24.3 Å². The fraction of sp³-hybridized carbons (Fsp3) is 0.0833. The molecule has 1 aromatic carbocycles. The summed E-state index contributed by atoms with van der Waals surface area (Å²) in [4.78, 5) is 1.04. The molecule has 0 amide bonds. The molecule has 0 atom stereocenters. The van der Waals surface area contributed by atoms with Crippen LogP contribution in [-0.4, -0.2) is 0 Å². The summed E-state index contributed by atoms with van der Waals surface area (Å²) in [5, 5.41) is 8.87. The van der Waals surface area contributed by atoms with Gasteiger partial charge in [0.15, 0.2) is 0 Å². The van der Waals surface area contributed by atoms with Crippen molar-refractivity contribution >= 4 is 22.9 Å². The SMILES string of the molecule is N#Cc1ccccc1OCc1ccc(Cl)s1. The number of nitrogens with zero attached hydrogens (tertiary/aromatic N) is 1. The predicted molar refractivity (Wildman–Crippen MR) is 64.8 cm³/mol. The summed E-state index contributed by atoms with van der Waals surface area (Å²) >= 11 is 7.29. The zero-order valence-electron chi connectivity index (χ0n) is 8.31. The number of nitriles is 1. The van der Waals surface area contributed by atoms with Crippen LogP contribution in [0.4, 0.5) is 0 Å². The van der Waals surface area contributed by atoms with Gasteiger partial charge in [0.25, 0.3) is 0 Å². The van der Waals surface area contributed by atoms with Crippen molar-refractivity contribution in [2.75, 3.05) is 0 Å². The van der Waals surface area contributed by atoms with Gasteiger partial charge in [0.2, 0.25) is 0 Å². The molecule has 2 rings (SSSR count). The average molecular weight is 250 g/mol. The van der Waals surface area contributed by atoms with Crippen LogP contribution < -0.4 is 4.74 Å². The molecule has 0 spiro atoms.